The Balaban J connectivity index is 0.874. The number of rotatable bonds is 24. The number of anilines is 1. The van der Waals surface area contributed by atoms with E-state index in [1.807, 2.05) is 24.3 Å². The maximum absolute atomic E-state index is 13.6. The van der Waals surface area contributed by atoms with E-state index >= 15 is 0 Å². The lowest BCUT2D eigenvalue weighted by atomic mass is 9.82. The summed E-state index contributed by atoms with van der Waals surface area (Å²) in [7, 11) is 0. The Morgan fingerprint density at radius 2 is 1.08 bits per heavy atom. The maximum atomic E-state index is 13.6. The summed E-state index contributed by atoms with van der Waals surface area (Å²) >= 11 is 1.46. The number of carbonyl (C=O) groups excluding carboxylic acids is 5. The van der Waals surface area contributed by atoms with Gasteiger partial charge in [0.05, 0.1) is 67.2 Å². The van der Waals surface area contributed by atoms with Crippen molar-refractivity contribution in [2.24, 2.45) is 28.8 Å². The molecule has 0 amide bonds. The van der Waals surface area contributed by atoms with Crippen LogP contribution >= 0.6 is 11.3 Å². The van der Waals surface area contributed by atoms with Gasteiger partial charge in [-0.25, -0.2) is 14.6 Å². The van der Waals surface area contributed by atoms with Gasteiger partial charge in [0.15, 0.2) is 0 Å². The third kappa shape index (κ3) is 16.0. The minimum atomic E-state index is -0.481. The van der Waals surface area contributed by atoms with E-state index in [9.17, 15) is 24.0 Å². The van der Waals surface area contributed by atoms with E-state index in [0.717, 1.165) is 35.2 Å². The molecule has 2 aliphatic rings. The second-order valence-electron chi connectivity index (χ2n) is 17.0. The Morgan fingerprint density at radius 3 is 1.62 bits per heavy atom. The quantitative estimate of drug-likeness (QED) is 0.0153. The highest BCUT2D eigenvalue weighted by molar-refractivity contribution is 7.22. The minimum absolute atomic E-state index is 0.219. The first-order valence-corrected chi connectivity index (χ1v) is 24.5. The number of carbonyl (C=O) groups is 5. The summed E-state index contributed by atoms with van der Waals surface area (Å²) in [6, 6.07) is 26.6. The Morgan fingerprint density at radius 1 is 0.592 bits per heavy atom. The number of nitrogens with zero attached hydrogens (tertiary/aromatic N) is 2. The third-order valence-electron chi connectivity index (χ3n) is 11.9. The highest BCUT2D eigenvalue weighted by atomic mass is 32.1. The van der Waals surface area contributed by atoms with Crippen LogP contribution in [0.4, 0.5) is 5.13 Å². The predicted octanol–water partition coefficient (Wildman–Crippen LogP) is 9.85. The molecule has 7 rings (SSSR count). The van der Waals surface area contributed by atoms with Crippen LogP contribution in [0.2, 0.25) is 0 Å². The van der Waals surface area contributed by atoms with E-state index in [0.29, 0.717) is 116 Å². The summed E-state index contributed by atoms with van der Waals surface area (Å²) in [6.07, 6.45) is 9.60. The fourth-order valence-corrected chi connectivity index (χ4v) is 8.81. The number of hydrogen-bond donors (Lipinski definition) is 1. The molecule has 372 valence electrons. The summed E-state index contributed by atoms with van der Waals surface area (Å²) in [4.78, 5) is 66.7. The van der Waals surface area contributed by atoms with Gasteiger partial charge in [-0.05, 0) is 136 Å². The van der Waals surface area contributed by atoms with Crippen LogP contribution < -0.4 is 33.8 Å². The van der Waals surface area contributed by atoms with Gasteiger partial charge in [-0.1, -0.05) is 36.6 Å². The standard InChI is InChI=1S/C54H57N3O13S/c1-3-49(58)65-31-7-29-63-41-19-23-43(24-20-41)68-51(60)37-13-11-36(12-14-37)35-67-45-27-28-47(40(33-45)34-55-57-54-56-46-9-5-6-10-48(46)71-54)70-53(62)39-17-15-38(16-18-39)52(61)69-44-25-21-42(22-26-44)64-30-8-32-66-50(59)4-2/h3-6,9-10,19-28,33-34,36-39H,1-2,7-8,11-18,29-32,35H2,(H,56,57)/b55-34+. The number of para-hydroxylation sites is 1. The van der Waals surface area contributed by atoms with Crippen molar-refractivity contribution in [1.29, 1.82) is 0 Å². The molecule has 17 heteroatoms. The van der Waals surface area contributed by atoms with Crippen LogP contribution in [0, 0.1) is 23.7 Å². The van der Waals surface area contributed by atoms with Gasteiger partial charge in [-0.2, -0.15) is 5.10 Å². The number of hydrazone groups is 1. The van der Waals surface area contributed by atoms with Gasteiger partial charge in [-0.15, -0.1) is 0 Å². The molecular weight excluding hydrogens is 931 g/mol. The van der Waals surface area contributed by atoms with Gasteiger partial charge < -0.3 is 37.9 Å². The Kier molecular flexibility index (Phi) is 19.1. The van der Waals surface area contributed by atoms with Crippen LogP contribution in [0.15, 0.2) is 121 Å². The SMILES string of the molecule is C=CC(=O)OCCCOc1ccc(OC(=O)C2CCC(COc3ccc(OC(=O)C4CCC(C(=O)Oc5ccc(OCCCOC(=O)C=C)cc5)CC4)c(/C=N/Nc4nc5ccccc5s4)c3)CC2)cc1. The monoisotopic (exact) mass is 987 g/mol. The van der Waals surface area contributed by atoms with Crippen molar-refractivity contribution >= 4 is 62.7 Å². The van der Waals surface area contributed by atoms with Gasteiger partial charge in [-0.3, -0.25) is 19.8 Å². The molecule has 0 bridgehead atoms. The lowest BCUT2D eigenvalue weighted by molar-refractivity contribution is -0.145. The van der Waals surface area contributed by atoms with Gasteiger partial charge in [0.1, 0.15) is 34.5 Å². The van der Waals surface area contributed by atoms with Gasteiger partial charge >= 0.3 is 29.8 Å². The highest BCUT2D eigenvalue weighted by Gasteiger charge is 2.33. The van der Waals surface area contributed by atoms with E-state index in [-0.39, 0.29) is 42.9 Å². The van der Waals surface area contributed by atoms with E-state index < -0.39 is 23.8 Å². The van der Waals surface area contributed by atoms with E-state index in [2.05, 4.69) is 28.7 Å². The van der Waals surface area contributed by atoms with Crippen molar-refractivity contribution < 1.29 is 61.9 Å². The lowest BCUT2D eigenvalue weighted by Gasteiger charge is -2.27. The molecule has 5 aromatic rings. The molecule has 2 saturated carbocycles. The topological polar surface area (TPSA) is 196 Å². The number of nitrogens with one attached hydrogen (secondary N) is 1. The fourth-order valence-electron chi connectivity index (χ4n) is 7.99. The van der Waals surface area contributed by atoms with Gasteiger partial charge in [0.25, 0.3) is 0 Å². The summed E-state index contributed by atoms with van der Waals surface area (Å²) in [5.74, 6) is 0.153. The number of ether oxygens (including phenoxy) is 8. The van der Waals surface area contributed by atoms with E-state index in [1.165, 1.54) is 11.3 Å². The molecule has 1 heterocycles. The molecule has 0 unspecified atom stereocenters. The molecule has 4 aromatic carbocycles. The molecule has 0 aliphatic heterocycles. The van der Waals surface area contributed by atoms with Gasteiger partial charge in [0, 0.05) is 30.6 Å². The van der Waals surface area contributed by atoms with Crippen LogP contribution in [-0.2, 0) is 33.4 Å². The summed E-state index contributed by atoms with van der Waals surface area (Å²) < 4.78 is 45.9. The molecule has 2 fully saturated rings. The third-order valence-corrected chi connectivity index (χ3v) is 12.9. The zero-order chi connectivity index (χ0) is 49.8. The number of aromatic nitrogens is 1. The molecular formula is C54H57N3O13S. The largest absolute Gasteiger partial charge is 0.493 e. The Bertz CT molecular complexity index is 2600. The molecule has 0 atom stereocenters. The smallest absolute Gasteiger partial charge is 0.330 e. The predicted molar refractivity (Wildman–Crippen MR) is 266 cm³/mol. The molecule has 1 N–H and O–H groups in total. The average Bonchev–Trinajstić information content (AvgIpc) is 3.82. The van der Waals surface area contributed by atoms with Crippen molar-refractivity contribution in [3.8, 4) is 34.5 Å². The second-order valence-corrected chi connectivity index (χ2v) is 18.0. The molecule has 0 spiro atoms. The molecule has 71 heavy (non-hydrogen) atoms. The first-order valence-electron chi connectivity index (χ1n) is 23.7. The maximum Gasteiger partial charge on any atom is 0.330 e. The van der Waals surface area contributed by atoms with E-state index in [4.69, 9.17) is 37.9 Å². The zero-order valence-corrected chi connectivity index (χ0v) is 40.1. The van der Waals surface area contributed by atoms with Crippen molar-refractivity contribution in [2.75, 3.05) is 38.5 Å². The lowest BCUT2D eigenvalue weighted by Crippen LogP contribution is -2.30. The molecule has 2 aliphatic carbocycles. The second kappa shape index (κ2) is 26.4. The van der Waals surface area contributed by atoms with Crippen LogP contribution in [0.3, 0.4) is 0 Å². The number of esters is 5. The summed E-state index contributed by atoms with van der Waals surface area (Å²) in [6.45, 7) is 8.32. The van der Waals surface area contributed by atoms with Gasteiger partial charge in [0.2, 0.25) is 5.13 Å². The fraction of sp³-hybridized carbons (Fsp3) is 0.352. The van der Waals surface area contributed by atoms with Crippen molar-refractivity contribution in [1.82, 2.24) is 4.98 Å². The zero-order valence-electron chi connectivity index (χ0n) is 39.3. The summed E-state index contributed by atoms with van der Waals surface area (Å²) in [5.41, 5.74) is 4.37. The van der Waals surface area contributed by atoms with Crippen LogP contribution in [-0.4, -0.2) is 74.1 Å². The molecule has 0 radical (unpaired) electrons. The first-order chi connectivity index (χ1) is 34.6. The highest BCUT2D eigenvalue weighted by Crippen LogP contribution is 2.35. The van der Waals surface area contributed by atoms with Crippen LogP contribution in [0.5, 0.6) is 34.5 Å². The number of thiazole rings is 1. The summed E-state index contributed by atoms with van der Waals surface area (Å²) in [5, 5.41) is 5.05. The van der Waals surface area contributed by atoms with E-state index in [1.54, 1.807) is 72.9 Å². The molecule has 0 saturated heterocycles. The number of hydrogen-bond acceptors (Lipinski definition) is 17. The van der Waals surface area contributed by atoms with Crippen molar-refractivity contribution in [3.05, 3.63) is 122 Å². The normalized spacial score (nSPS) is 17.6. The molecule has 16 nitrogen and oxygen atoms in total. The number of benzene rings is 4. The average molecular weight is 988 g/mol. The van der Waals surface area contributed by atoms with Crippen molar-refractivity contribution in [2.45, 2.75) is 64.2 Å². The first kappa shape index (κ1) is 51.3. The van der Waals surface area contributed by atoms with Crippen molar-refractivity contribution in [3.63, 3.8) is 0 Å². The minimum Gasteiger partial charge on any atom is -0.493 e. The molecule has 1 aromatic heterocycles. The van der Waals surface area contributed by atoms with Crippen LogP contribution in [0.25, 0.3) is 10.2 Å². The number of fused-ring (bicyclic) bond motifs is 1. The Hall–Kier alpha value is -7.53. The Labute approximate surface area is 415 Å². The van der Waals surface area contributed by atoms with Crippen LogP contribution in [0.1, 0.15) is 69.8 Å².